The molecule has 1 saturated heterocycles. The Balaban J connectivity index is 1.82. The van der Waals surface area contributed by atoms with Crippen molar-refractivity contribution < 1.29 is 29.0 Å². The van der Waals surface area contributed by atoms with Gasteiger partial charge in [-0.3, -0.25) is 9.59 Å². The Labute approximate surface area is 159 Å². The van der Waals surface area contributed by atoms with Gasteiger partial charge in [0.15, 0.2) is 11.8 Å². The summed E-state index contributed by atoms with van der Waals surface area (Å²) in [5.41, 5.74) is 0.514. The molecule has 1 amide bonds. The van der Waals surface area contributed by atoms with E-state index < -0.39 is 12.0 Å². The fraction of sp³-hybridized carbons (Fsp3) is 0.550. The van der Waals surface area contributed by atoms with Crippen molar-refractivity contribution in [3.63, 3.8) is 0 Å². The third kappa shape index (κ3) is 6.36. The maximum atomic E-state index is 12.3. The third-order valence-electron chi connectivity index (χ3n) is 4.49. The number of Topliss-reactive ketones (excluding diaryl/α,β-unsaturated/α-hetero) is 1. The van der Waals surface area contributed by atoms with Crippen LogP contribution in [-0.2, 0) is 14.3 Å². The van der Waals surface area contributed by atoms with E-state index in [1.807, 2.05) is 0 Å². The summed E-state index contributed by atoms with van der Waals surface area (Å²) in [5.74, 6) is -0.865. The van der Waals surface area contributed by atoms with Crippen LogP contribution in [0.15, 0.2) is 24.3 Å². The van der Waals surface area contributed by atoms with Crippen molar-refractivity contribution in [1.82, 2.24) is 4.90 Å². The number of carboxylic acids is 1. The molecule has 1 N–H and O–H groups in total. The maximum Gasteiger partial charge on any atom is 0.328 e. The highest BCUT2D eigenvalue weighted by Crippen LogP contribution is 2.16. The van der Waals surface area contributed by atoms with Gasteiger partial charge < -0.3 is 19.5 Å². The quantitative estimate of drug-likeness (QED) is 0.497. The zero-order valence-corrected chi connectivity index (χ0v) is 15.7. The molecule has 0 bridgehead atoms. The molecule has 0 aliphatic carbocycles. The predicted octanol–water partition coefficient (Wildman–Crippen LogP) is 2.53. The number of carboxylic acid groups (broad SMARTS) is 1. The number of amides is 1. The van der Waals surface area contributed by atoms with Gasteiger partial charge in [0.05, 0.1) is 19.8 Å². The smallest absolute Gasteiger partial charge is 0.328 e. The number of ether oxygens (including phenoxy) is 2. The van der Waals surface area contributed by atoms with E-state index in [2.05, 4.69) is 6.92 Å². The molecular weight excluding hydrogens is 350 g/mol. The maximum absolute atomic E-state index is 12.3. The normalized spacial score (nSPS) is 16.8. The first kappa shape index (κ1) is 20.9. The summed E-state index contributed by atoms with van der Waals surface area (Å²) in [6, 6.07) is 5.91. The van der Waals surface area contributed by atoms with E-state index in [0.29, 0.717) is 18.8 Å². The number of ketones is 1. The van der Waals surface area contributed by atoms with E-state index in [9.17, 15) is 19.5 Å². The zero-order valence-electron chi connectivity index (χ0n) is 15.7. The van der Waals surface area contributed by atoms with E-state index >= 15 is 0 Å². The van der Waals surface area contributed by atoms with Crippen LogP contribution in [-0.4, -0.2) is 60.1 Å². The molecule has 1 aromatic rings. The lowest BCUT2D eigenvalue weighted by molar-refractivity contribution is -0.158. The van der Waals surface area contributed by atoms with Gasteiger partial charge in [0.25, 0.3) is 0 Å². The van der Waals surface area contributed by atoms with Crippen molar-refractivity contribution in [1.29, 1.82) is 0 Å². The largest absolute Gasteiger partial charge is 0.494 e. The summed E-state index contributed by atoms with van der Waals surface area (Å²) in [6.45, 7) is 3.30. The molecule has 2 rings (SSSR count). The van der Waals surface area contributed by atoms with E-state index in [1.54, 1.807) is 24.3 Å². The van der Waals surface area contributed by atoms with Gasteiger partial charge in [-0.1, -0.05) is 19.8 Å². The van der Waals surface area contributed by atoms with Gasteiger partial charge in [-0.2, -0.15) is 0 Å². The molecule has 0 radical (unpaired) electrons. The SMILES string of the molecule is CCCCCOc1ccc(C(=O)CCC(=O)N2CCOCC2C(=O)O)cc1. The zero-order chi connectivity index (χ0) is 19.6. The molecule has 148 valence electrons. The fourth-order valence-electron chi connectivity index (χ4n) is 2.89. The topological polar surface area (TPSA) is 93.1 Å². The molecule has 1 unspecified atom stereocenters. The van der Waals surface area contributed by atoms with E-state index in [4.69, 9.17) is 9.47 Å². The highest BCUT2D eigenvalue weighted by molar-refractivity contribution is 5.98. The summed E-state index contributed by atoms with van der Waals surface area (Å²) in [6.07, 6.45) is 3.28. The van der Waals surface area contributed by atoms with Crippen LogP contribution in [0.25, 0.3) is 0 Å². The number of benzene rings is 1. The minimum absolute atomic E-state index is 0.0160. The Hall–Kier alpha value is -2.41. The van der Waals surface area contributed by atoms with E-state index in [0.717, 1.165) is 25.0 Å². The first-order valence-corrected chi connectivity index (χ1v) is 9.39. The van der Waals surface area contributed by atoms with Crippen molar-refractivity contribution in [2.45, 2.75) is 45.1 Å². The second-order valence-corrected chi connectivity index (χ2v) is 6.52. The van der Waals surface area contributed by atoms with Crippen LogP contribution >= 0.6 is 0 Å². The minimum atomic E-state index is -1.09. The van der Waals surface area contributed by atoms with Crippen LogP contribution in [0.4, 0.5) is 0 Å². The van der Waals surface area contributed by atoms with Gasteiger partial charge in [-0.25, -0.2) is 4.79 Å². The number of aliphatic carboxylic acids is 1. The summed E-state index contributed by atoms with van der Waals surface area (Å²) in [7, 11) is 0. The fourth-order valence-corrected chi connectivity index (χ4v) is 2.89. The van der Waals surface area contributed by atoms with Crippen LogP contribution in [0.1, 0.15) is 49.4 Å². The van der Waals surface area contributed by atoms with Crippen LogP contribution in [0.2, 0.25) is 0 Å². The predicted molar refractivity (Wildman–Crippen MR) is 99.0 cm³/mol. The Bertz CT molecular complexity index is 642. The number of unbranched alkanes of at least 4 members (excludes halogenated alkanes) is 2. The second kappa shape index (κ2) is 10.7. The number of hydrogen-bond donors (Lipinski definition) is 1. The lowest BCUT2D eigenvalue weighted by Gasteiger charge is -2.32. The van der Waals surface area contributed by atoms with Gasteiger partial charge in [0.1, 0.15) is 5.75 Å². The van der Waals surface area contributed by atoms with Gasteiger partial charge in [-0.05, 0) is 30.7 Å². The number of carbonyl (C=O) groups excluding carboxylic acids is 2. The van der Waals surface area contributed by atoms with Crippen molar-refractivity contribution in [3.05, 3.63) is 29.8 Å². The van der Waals surface area contributed by atoms with Crippen LogP contribution in [0.5, 0.6) is 5.75 Å². The third-order valence-corrected chi connectivity index (χ3v) is 4.49. The molecule has 7 nitrogen and oxygen atoms in total. The Morgan fingerprint density at radius 2 is 1.93 bits per heavy atom. The first-order chi connectivity index (χ1) is 13.0. The second-order valence-electron chi connectivity index (χ2n) is 6.52. The molecule has 1 aromatic carbocycles. The first-order valence-electron chi connectivity index (χ1n) is 9.39. The number of rotatable bonds is 10. The average Bonchev–Trinajstić information content (AvgIpc) is 2.69. The molecule has 7 heteroatoms. The molecule has 0 saturated carbocycles. The number of nitrogens with zero attached hydrogens (tertiary/aromatic N) is 1. The molecule has 0 spiro atoms. The van der Waals surface area contributed by atoms with Gasteiger partial charge in [-0.15, -0.1) is 0 Å². The summed E-state index contributed by atoms with van der Waals surface area (Å²) in [5, 5.41) is 9.18. The lowest BCUT2D eigenvalue weighted by Crippen LogP contribution is -2.52. The highest BCUT2D eigenvalue weighted by Gasteiger charge is 2.32. The molecule has 1 fully saturated rings. The van der Waals surface area contributed by atoms with Crippen LogP contribution in [0.3, 0.4) is 0 Å². The molecule has 27 heavy (non-hydrogen) atoms. The molecule has 1 heterocycles. The van der Waals surface area contributed by atoms with Crippen LogP contribution in [0, 0.1) is 0 Å². The van der Waals surface area contributed by atoms with E-state index in [1.165, 1.54) is 4.90 Å². The number of carbonyl (C=O) groups is 3. The van der Waals surface area contributed by atoms with Crippen molar-refractivity contribution in [2.24, 2.45) is 0 Å². The molecular formula is C20H27NO6. The Morgan fingerprint density at radius 3 is 2.59 bits per heavy atom. The minimum Gasteiger partial charge on any atom is -0.494 e. The molecule has 0 aromatic heterocycles. The monoisotopic (exact) mass is 377 g/mol. The lowest BCUT2D eigenvalue weighted by atomic mass is 10.1. The summed E-state index contributed by atoms with van der Waals surface area (Å²) in [4.78, 5) is 37.1. The number of morpholine rings is 1. The molecule has 1 atom stereocenters. The van der Waals surface area contributed by atoms with Gasteiger partial charge in [0.2, 0.25) is 5.91 Å². The molecule has 1 aliphatic rings. The highest BCUT2D eigenvalue weighted by atomic mass is 16.5. The average molecular weight is 377 g/mol. The van der Waals surface area contributed by atoms with Crippen molar-refractivity contribution in [3.8, 4) is 5.75 Å². The number of hydrogen-bond acceptors (Lipinski definition) is 5. The Morgan fingerprint density at radius 1 is 1.19 bits per heavy atom. The van der Waals surface area contributed by atoms with E-state index in [-0.39, 0.29) is 37.7 Å². The molecule has 1 aliphatic heterocycles. The standard InChI is InChI=1S/C20H27NO6/c1-2-3-4-12-27-16-7-5-15(6-8-16)18(22)9-10-19(23)21-11-13-26-14-17(21)20(24)25/h5-8,17H,2-4,9-14H2,1H3,(H,24,25). The van der Waals surface area contributed by atoms with Gasteiger partial charge in [0, 0.05) is 24.9 Å². The van der Waals surface area contributed by atoms with Crippen molar-refractivity contribution in [2.75, 3.05) is 26.4 Å². The van der Waals surface area contributed by atoms with Crippen LogP contribution < -0.4 is 4.74 Å². The summed E-state index contributed by atoms with van der Waals surface area (Å²) < 4.78 is 10.7. The van der Waals surface area contributed by atoms with Gasteiger partial charge >= 0.3 is 5.97 Å². The summed E-state index contributed by atoms with van der Waals surface area (Å²) >= 11 is 0. The van der Waals surface area contributed by atoms with Crippen molar-refractivity contribution >= 4 is 17.7 Å². The Kier molecular flexibility index (Phi) is 8.26.